The molecule has 1 aromatic carbocycles. The Morgan fingerprint density at radius 3 is 2.52 bits per heavy atom. The SMILES string of the molecule is COc1ccc(OC)c([C@H](C)NC(=O)Cc2sc(C)nc2-c2cc(C)sc2C)c1. The molecule has 1 atom stereocenters. The molecule has 0 fully saturated rings. The van der Waals surface area contributed by atoms with Crippen LogP contribution < -0.4 is 14.8 Å². The number of nitrogens with one attached hydrogen (secondary N) is 1. The van der Waals surface area contributed by atoms with Crippen LogP contribution in [0.3, 0.4) is 0 Å². The zero-order valence-corrected chi connectivity index (χ0v) is 19.2. The topological polar surface area (TPSA) is 60.5 Å². The van der Waals surface area contributed by atoms with Crippen LogP contribution in [0.2, 0.25) is 0 Å². The molecule has 2 aromatic heterocycles. The number of ether oxygens (including phenoxy) is 2. The monoisotopic (exact) mass is 430 g/mol. The van der Waals surface area contributed by atoms with Crippen molar-refractivity contribution in [3.8, 4) is 22.8 Å². The molecule has 3 aromatic rings. The van der Waals surface area contributed by atoms with Gasteiger partial charge < -0.3 is 14.8 Å². The van der Waals surface area contributed by atoms with Gasteiger partial charge in [-0.1, -0.05) is 0 Å². The average molecular weight is 431 g/mol. The second-order valence-electron chi connectivity index (χ2n) is 6.91. The number of amides is 1. The molecule has 0 bridgehead atoms. The molecule has 0 saturated heterocycles. The summed E-state index contributed by atoms with van der Waals surface area (Å²) in [5, 5.41) is 4.05. The number of hydrogen-bond acceptors (Lipinski definition) is 6. The molecule has 1 amide bonds. The number of methoxy groups -OCH3 is 2. The van der Waals surface area contributed by atoms with Crippen molar-refractivity contribution in [1.29, 1.82) is 0 Å². The van der Waals surface area contributed by atoms with Gasteiger partial charge in [-0.05, 0) is 52.0 Å². The first-order valence-electron chi connectivity index (χ1n) is 9.37. The number of thiazole rings is 1. The normalized spacial score (nSPS) is 11.9. The number of rotatable bonds is 7. The van der Waals surface area contributed by atoms with Crippen LogP contribution in [0, 0.1) is 20.8 Å². The Labute approximate surface area is 179 Å². The van der Waals surface area contributed by atoms with Crippen molar-refractivity contribution in [2.45, 2.75) is 40.2 Å². The van der Waals surface area contributed by atoms with E-state index in [1.165, 1.54) is 9.75 Å². The number of benzene rings is 1. The lowest BCUT2D eigenvalue weighted by Crippen LogP contribution is -2.28. The molecule has 0 saturated carbocycles. The van der Waals surface area contributed by atoms with Crippen LogP contribution in [-0.4, -0.2) is 25.1 Å². The molecule has 0 spiro atoms. The van der Waals surface area contributed by atoms with Crippen LogP contribution in [-0.2, 0) is 11.2 Å². The highest BCUT2D eigenvalue weighted by Gasteiger charge is 2.20. The van der Waals surface area contributed by atoms with Gasteiger partial charge in [0.15, 0.2) is 0 Å². The number of thiophene rings is 1. The van der Waals surface area contributed by atoms with Gasteiger partial charge in [0.25, 0.3) is 0 Å². The number of aryl methyl sites for hydroxylation is 3. The summed E-state index contributed by atoms with van der Waals surface area (Å²) in [5.74, 6) is 1.40. The summed E-state index contributed by atoms with van der Waals surface area (Å²) in [6.45, 7) is 8.12. The lowest BCUT2D eigenvalue weighted by molar-refractivity contribution is -0.121. The number of aromatic nitrogens is 1. The van der Waals surface area contributed by atoms with Gasteiger partial charge in [0.2, 0.25) is 5.91 Å². The summed E-state index contributed by atoms with van der Waals surface area (Å²) in [6.07, 6.45) is 0.297. The van der Waals surface area contributed by atoms with Gasteiger partial charge in [-0.15, -0.1) is 22.7 Å². The highest BCUT2D eigenvalue weighted by Crippen LogP contribution is 2.35. The minimum atomic E-state index is -0.213. The van der Waals surface area contributed by atoms with E-state index < -0.39 is 0 Å². The first-order valence-corrected chi connectivity index (χ1v) is 11.0. The molecule has 0 aliphatic heterocycles. The van der Waals surface area contributed by atoms with Crippen molar-refractivity contribution < 1.29 is 14.3 Å². The van der Waals surface area contributed by atoms with Gasteiger partial charge in [-0.2, -0.15) is 0 Å². The molecule has 3 rings (SSSR count). The molecular formula is C22H26N2O3S2. The Morgan fingerprint density at radius 2 is 1.90 bits per heavy atom. The summed E-state index contributed by atoms with van der Waals surface area (Å²) < 4.78 is 10.8. The standard InChI is InChI=1S/C22H26N2O3S2/c1-12-9-18(14(3)28-12)22-20(29-15(4)24-22)11-21(25)23-13(2)17-10-16(26-5)7-8-19(17)27-6/h7-10,13H,11H2,1-6H3,(H,23,25)/t13-/m0/s1. The molecule has 2 heterocycles. The summed E-state index contributed by atoms with van der Waals surface area (Å²) in [6, 6.07) is 7.52. The molecule has 5 nitrogen and oxygen atoms in total. The van der Waals surface area contributed by atoms with Gasteiger partial charge >= 0.3 is 0 Å². The predicted octanol–water partition coefficient (Wildman–Crippen LogP) is 5.23. The lowest BCUT2D eigenvalue weighted by atomic mass is 10.1. The zero-order valence-electron chi connectivity index (χ0n) is 17.6. The fourth-order valence-corrected chi connectivity index (χ4v) is 5.23. The van der Waals surface area contributed by atoms with Gasteiger partial charge in [-0.25, -0.2) is 4.98 Å². The molecule has 154 valence electrons. The van der Waals surface area contributed by atoms with Gasteiger partial charge in [0.05, 0.1) is 37.4 Å². The van der Waals surface area contributed by atoms with Crippen LogP contribution in [0.1, 0.15) is 38.2 Å². The maximum Gasteiger partial charge on any atom is 0.225 e. The van der Waals surface area contributed by atoms with Crippen LogP contribution >= 0.6 is 22.7 Å². The van der Waals surface area contributed by atoms with Gasteiger partial charge in [0, 0.05) is 25.8 Å². The fraction of sp³-hybridized carbons (Fsp3) is 0.364. The largest absolute Gasteiger partial charge is 0.497 e. The zero-order chi connectivity index (χ0) is 21.1. The van der Waals surface area contributed by atoms with Crippen molar-refractivity contribution in [3.05, 3.63) is 49.5 Å². The Bertz CT molecular complexity index is 1020. The van der Waals surface area contributed by atoms with E-state index in [4.69, 9.17) is 14.5 Å². The van der Waals surface area contributed by atoms with Crippen molar-refractivity contribution in [3.63, 3.8) is 0 Å². The summed E-state index contributed by atoms with van der Waals surface area (Å²) in [7, 11) is 3.24. The first-order chi connectivity index (χ1) is 13.8. The van der Waals surface area contributed by atoms with Crippen molar-refractivity contribution in [2.75, 3.05) is 14.2 Å². The summed E-state index contributed by atoms with van der Waals surface area (Å²) in [5.41, 5.74) is 2.93. The smallest absolute Gasteiger partial charge is 0.225 e. The van der Waals surface area contributed by atoms with Crippen LogP contribution in [0.25, 0.3) is 11.3 Å². The molecule has 29 heavy (non-hydrogen) atoms. The molecule has 0 aliphatic rings. The average Bonchev–Trinajstić information content (AvgIpc) is 3.21. The highest BCUT2D eigenvalue weighted by atomic mass is 32.1. The van der Waals surface area contributed by atoms with E-state index in [0.29, 0.717) is 6.42 Å². The Kier molecular flexibility index (Phi) is 6.59. The van der Waals surface area contributed by atoms with E-state index in [1.807, 2.05) is 32.0 Å². The van der Waals surface area contributed by atoms with Crippen LogP contribution in [0.5, 0.6) is 11.5 Å². The predicted molar refractivity (Wildman–Crippen MR) is 119 cm³/mol. The summed E-state index contributed by atoms with van der Waals surface area (Å²) >= 11 is 3.33. The van der Waals surface area contributed by atoms with Crippen molar-refractivity contribution in [2.24, 2.45) is 0 Å². The van der Waals surface area contributed by atoms with E-state index in [1.54, 1.807) is 36.9 Å². The molecular weight excluding hydrogens is 404 g/mol. The Hall–Kier alpha value is -2.38. The molecule has 0 unspecified atom stereocenters. The third-order valence-electron chi connectivity index (χ3n) is 4.70. The Balaban J connectivity index is 1.79. The van der Waals surface area contributed by atoms with Crippen LogP contribution in [0.15, 0.2) is 24.3 Å². The third kappa shape index (κ3) is 4.79. The van der Waals surface area contributed by atoms with E-state index in [0.717, 1.165) is 38.2 Å². The Morgan fingerprint density at radius 1 is 1.14 bits per heavy atom. The van der Waals surface area contributed by atoms with E-state index in [9.17, 15) is 4.79 Å². The molecule has 7 heteroatoms. The number of carbonyl (C=O) groups excluding carboxylic acids is 1. The molecule has 1 N–H and O–H groups in total. The quantitative estimate of drug-likeness (QED) is 0.557. The highest BCUT2D eigenvalue weighted by molar-refractivity contribution is 7.13. The van der Waals surface area contributed by atoms with Gasteiger partial charge in [0.1, 0.15) is 11.5 Å². The first kappa shape index (κ1) is 21.3. The number of carbonyl (C=O) groups is 1. The maximum absolute atomic E-state index is 12.8. The number of hydrogen-bond donors (Lipinski definition) is 1. The molecule has 0 radical (unpaired) electrons. The van der Waals surface area contributed by atoms with Crippen molar-refractivity contribution in [1.82, 2.24) is 10.3 Å². The van der Waals surface area contributed by atoms with Crippen molar-refractivity contribution >= 4 is 28.6 Å². The lowest BCUT2D eigenvalue weighted by Gasteiger charge is -2.18. The van der Waals surface area contributed by atoms with Gasteiger partial charge in [-0.3, -0.25) is 4.79 Å². The summed E-state index contributed by atoms with van der Waals surface area (Å²) in [4.78, 5) is 21.0. The van der Waals surface area contributed by atoms with E-state index >= 15 is 0 Å². The third-order valence-corrected chi connectivity index (χ3v) is 6.64. The van der Waals surface area contributed by atoms with Crippen LogP contribution in [0.4, 0.5) is 0 Å². The number of nitrogens with zero attached hydrogens (tertiary/aromatic N) is 1. The van der Waals surface area contributed by atoms with E-state index in [2.05, 4.69) is 25.2 Å². The van der Waals surface area contributed by atoms with E-state index in [-0.39, 0.29) is 11.9 Å². The second kappa shape index (κ2) is 8.97. The second-order valence-corrected chi connectivity index (χ2v) is 9.65. The minimum Gasteiger partial charge on any atom is -0.497 e. The fourth-order valence-electron chi connectivity index (χ4n) is 3.36. The maximum atomic E-state index is 12.8. The minimum absolute atomic E-state index is 0.0446. The molecule has 0 aliphatic carbocycles.